The van der Waals surface area contributed by atoms with Crippen LogP contribution in [-0.4, -0.2) is 21.4 Å². The maximum Gasteiger partial charge on any atom is 0.266 e. The van der Waals surface area contributed by atoms with Crippen LogP contribution in [0.25, 0.3) is 0 Å². The molecule has 1 heterocycles. The molecule has 0 aliphatic carbocycles. The predicted octanol–water partition coefficient (Wildman–Crippen LogP) is 1.15. The van der Waals surface area contributed by atoms with Crippen LogP contribution in [0.3, 0.4) is 0 Å². The summed E-state index contributed by atoms with van der Waals surface area (Å²) in [5.74, 6) is 0.737. The van der Waals surface area contributed by atoms with Crippen molar-refractivity contribution in [2.24, 2.45) is 5.73 Å². The lowest BCUT2D eigenvalue weighted by Crippen LogP contribution is -2.24. The Bertz CT molecular complexity index is 637. The van der Waals surface area contributed by atoms with Crippen molar-refractivity contribution in [2.45, 2.75) is 13.0 Å². The maximum atomic E-state index is 11.4. The summed E-state index contributed by atoms with van der Waals surface area (Å²) in [5.41, 5.74) is 6.39. The molecule has 0 spiro atoms. The second-order valence-corrected chi connectivity index (χ2v) is 4.74. The summed E-state index contributed by atoms with van der Waals surface area (Å²) in [5, 5.41) is 3.95. The van der Waals surface area contributed by atoms with Crippen molar-refractivity contribution in [1.29, 1.82) is 0 Å². The van der Waals surface area contributed by atoms with E-state index < -0.39 is 0 Å². The van der Waals surface area contributed by atoms with E-state index in [1.54, 1.807) is 12.3 Å². The van der Waals surface area contributed by atoms with Gasteiger partial charge in [0.2, 0.25) is 0 Å². The van der Waals surface area contributed by atoms with Crippen molar-refractivity contribution >= 4 is 17.2 Å². The summed E-state index contributed by atoms with van der Waals surface area (Å²) < 4.78 is 6.92. The fourth-order valence-electron chi connectivity index (χ4n) is 1.71. The lowest BCUT2D eigenvalue weighted by atomic mass is 10.1. The minimum absolute atomic E-state index is 0.136. The third-order valence-corrected chi connectivity index (χ3v) is 2.80. The van der Waals surface area contributed by atoms with Gasteiger partial charge in [-0.3, -0.25) is 4.79 Å². The number of hydrogen-bond acceptors (Lipinski definition) is 4. The van der Waals surface area contributed by atoms with Crippen LogP contribution in [0.15, 0.2) is 47.4 Å². The normalized spacial score (nSPS) is 10.2. The molecule has 5 nitrogen and oxygen atoms in total. The molecule has 1 aromatic carbocycles. The van der Waals surface area contributed by atoms with Gasteiger partial charge in [0.1, 0.15) is 12.4 Å². The summed E-state index contributed by atoms with van der Waals surface area (Å²) >= 11 is 4.85. The van der Waals surface area contributed by atoms with Gasteiger partial charge in [0.25, 0.3) is 5.56 Å². The van der Waals surface area contributed by atoms with Gasteiger partial charge in [0, 0.05) is 18.7 Å². The summed E-state index contributed by atoms with van der Waals surface area (Å²) in [4.78, 5) is 11.9. The van der Waals surface area contributed by atoms with Crippen molar-refractivity contribution in [3.63, 3.8) is 0 Å². The Morgan fingerprint density at radius 2 is 2.05 bits per heavy atom. The van der Waals surface area contributed by atoms with E-state index in [0.29, 0.717) is 24.6 Å². The lowest BCUT2D eigenvalue weighted by molar-refractivity contribution is 0.287. The molecule has 0 unspecified atom stereocenters. The van der Waals surface area contributed by atoms with Gasteiger partial charge in [0.15, 0.2) is 0 Å². The Labute approximate surface area is 122 Å². The molecular formula is C14H15N3O2S. The molecule has 0 radical (unpaired) electrons. The number of ether oxygens (including phenoxy) is 1. The first-order valence-electron chi connectivity index (χ1n) is 6.17. The molecule has 0 saturated carbocycles. The van der Waals surface area contributed by atoms with E-state index in [-0.39, 0.29) is 5.56 Å². The van der Waals surface area contributed by atoms with Crippen LogP contribution in [-0.2, 0) is 13.0 Å². The molecule has 2 N–H and O–H groups in total. The monoisotopic (exact) mass is 289 g/mol. The van der Waals surface area contributed by atoms with Gasteiger partial charge >= 0.3 is 0 Å². The SMILES string of the molecule is NC(=S)Cc1ccc(OCCn2ncccc2=O)cc1. The summed E-state index contributed by atoms with van der Waals surface area (Å²) in [6.07, 6.45) is 2.16. The average molecular weight is 289 g/mol. The molecule has 2 aromatic rings. The van der Waals surface area contributed by atoms with Crippen LogP contribution in [0.4, 0.5) is 0 Å². The highest BCUT2D eigenvalue weighted by atomic mass is 32.1. The van der Waals surface area contributed by atoms with Crippen LogP contribution in [0, 0.1) is 0 Å². The minimum Gasteiger partial charge on any atom is -0.492 e. The van der Waals surface area contributed by atoms with Crippen molar-refractivity contribution < 1.29 is 4.74 Å². The minimum atomic E-state index is -0.136. The molecule has 0 atom stereocenters. The smallest absolute Gasteiger partial charge is 0.266 e. The Balaban J connectivity index is 1.87. The van der Waals surface area contributed by atoms with Gasteiger partial charge < -0.3 is 10.5 Å². The number of aromatic nitrogens is 2. The number of thiocarbonyl (C=S) groups is 1. The average Bonchev–Trinajstić information content (AvgIpc) is 2.42. The van der Waals surface area contributed by atoms with Gasteiger partial charge in [-0.1, -0.05) is 24.4 Å². The van der Waals surface area contributed by atoms with E-state index in [1.807, 2.05) is 24.3 Å². The zero-order valence-electron chi connectivity index (χ0n) is 10.9. The Hall–Kier alpha value is -2.21. The van der Waals surface area contributed by atoms with Gasteiger partial charge in [-0.15, -0.1) is 0 Å². The summed E-state index contributed by atoms with van der Waals surface area (Å²) in [7, 11) is 0. The number of nitrogens with two attached hydrogens (primary N) is 1. The molecule has 2 rings (SSSR count). The molecule has 0 saturated heterocycles. The van der Waals surface area contributed by atoms with Crippen LogP contribution in [0.1, 0.15) is 5.56 Å². The van der Waals surface area contributed by atoms with Crippen molar-refractivity contribution in [3.8, 4) is 5.75 Å². The van der Waals surface area contributed by atoms with Crippen molar-refractivity contribution in [1.82, 2.24) is 9.78 Å². The van der Waals surface area contributed by atoms with Crippen molar-refractivity contribution in [2.75, 3.05) is 6.61 Å². The molecule has 0 aliphatic heterocycles. The largest absolute Gasteiger partial charge is 0.492 e. The van der Waals surface area contributed by atoms with E-state index in [1.165, 1.54) is 10.7 Å². The van der Waals surface area contributed by atoms with E-state index >= 15 is 0 Å². The zero-order valence-corrected chi connectivity index (χ0v) is 11.7. The molecule has 0 amide bonds. The van der Waals surface area contributed by atoms with Crippen LogP contribution < -0.4 is 16.0 Å². The number of benzene rings is 1. The molecule has 1 aromatic heterocycles. The van der Waals surface area contributed by atoms with E-state index in [2.05, 4.69) is 5.10 Å². The molecule has 0 aliphatic rings. The predicted molar refractivity (Wildman–Crippen MR) is 80.9 cm³/mol. The quantitative estimate of drug-likeness (QED) is 0.808. The first-order valence-corrected chi connectivity index (χ1v) is 6.58. The van der Waals surface area contributed by atoms with E-state index in [9.17, 15) is 4.79 Å². The highest BCUT2D eigenvalue weighted by molar-refractivity contribution is 7.80. The third-order valence-electron chi connectivity index (χ3n) is 2.66. The maximum absolute atomic E-state index is 11.4. The molecule has 6 heteroatoms. The summed E-state index contributed by atoms with van der Waals surface area (Å²) in [6, 6.07) is 10.6. The molecule has 0 bridgehead atoms. The van der Waals surface area contributed by atoms with Crippen LogP contribution >= 0.6 is 12.2 Å². The molecule has 0 fully saturated rings. The first-order chi connectivity index (χ1) is 9.65. The van der Waals surface area contributed by atoms with E-state index in [4.69, 9.17) is 22.7 Å². The Morgan fingerprint density at radius 1 is 1.30 bits per heavy atom. The number of nitrogens with zero attached hydrogens (tertiary/aromatic N) is 2. The fourth-order valence-corrected chi connectivity index (χ4v) is 1.88. The third kappa shape index (κ3) is 4.17. The Morgan fingerprint density at radius 3 is 2.70 bits per heavy atom. The second kappa shape index (κ2) is 6.81. The summed E-state index contributed by atoms with van der Waals surface area (Å²) in [6.45, 7) is 0.792. The van der Waals surface area contributed by atoms with Crippen LogP contribution in [0.2, 0.25) is 0 Å². The molecular weight excluding hydrogens is 274 g/mol. The zero-order chi connectivity index (χ0) is 14.4. The topological polar surface area (TPSA) is 70.1 Å². The highest BCUT2D eigenvalue weighted by Gasteiger charge is 1.99. The Kier molecular flexibility index (Phi) is 4.84. The van der Waals surface area contributed by atoms with Crippen molar-refractivity contribution in [3.05, 3.63) is 58.5 Å². The second-order valence-electron chi connectivity index (χ2n) is 4.22. The van der Waals surface area contributed by atoms with Crippen LogP contribution in [0.5, 0.6) is 5.75 Å². The highest BCUT2D eigenvalue weighted by Crippen LogP contribution is 2.12. The fraction of sp³-hybridized carbons (Fsp3) is 0.214. The molecule has 20 heavy (non-hydrogen) atoms. The standard InChI is InChI=1S/C14H15N3O2S/c15-13(20)10-11-3-5-12(6-4-11)19-9-8-17-14(18)2-1-7-16-17/h1-7H,8-10H2,(H2,15,20). The lowest BCUT2D eigenvalue weighted by Gasteiger charge is -2.08. The van der Waals surface area contributed by atoms with Gasteiger partial charge in [0.05, 0.1) is 11.5 Å². The van der Waals surface area contributed by atoms with Gasteiger partial charge in [-0.2, -0.15) is 5.10 Å². The van der Waals surface area contributed by atoms with Gasteiger partial charge in [-0.25, -0.2) is 4.68 Å². The number of hydrogen-bond donors (Lipinski definition) is 1. The number of rotatable bonds is 6. The molecule has 104 valence electrons. The van der Waals surface area contributed by atoms with Gasteiger partial charge in [-0.05, 0) is 23.8 Å². The first kappa shape index (κ1) is 14.2. The van der Waals surface area contributed by atoms with E-state index in [0.717, 1.165) is 11.3 Å².